The fraction of sp³-hybridized carbons (Fsp3) is 0.190. The maximum absolute atomic E-state index is 14.7. The molecule has 3 fully saturated rings. The number of imide groups is 2. The van der Waals surface area contributed by atoms with Crippen LogP contribution in [-0.4, -0.2) is 23.6 Å². The Morgan fingerprint density at radius 3 is 1.69 bits per heavy atom. The lowest BCUT2D eigenvalue weighted by atomic mass is 9.49. The average molecular weight is 627 g/mol. The van der Waals surface area contributed by atoms with Crippen LogP contribution in [0.2, 0.25) is 0 Å². The molecule has 2 saturated heterocycles. The molecule has 5 aromatic rings. The van der Waals surface area contributed by atoms with Crippen LogP contribution in [0.25, 0.3) is 27.1 Å². The van der Waals surface area contributed by atoms with Gasteiger partial charge in [0.1, 0.15) is 0 Å². The smallest absolute Gasteiger partial charge is 0.238 e. The largest absolute Gasteiger partial charge is 0.274 e. The summed E-state index contributed by atoms with van der Waals surface area (Å²) < 4.78 is 0. The molecule has 6 nitrogen and oxygen atoms in total. The Morgan fingerprint density at radius 2 is 1.02 bits per heavy atom. The monoisotopic (exact) mass is 626 g/mol. The van der Waals surface area contributed by atoms with Crippen molar-refractivity contribution in [3.05, 3.63) is 139 Å². The molecule has 0 aromatic heterocycles. The number of anilines is 2. The van der Waals surface area contributed by atoms with Crippen molar-refractivity contribution in [2.45, 2.75) is 6.42 Å². The zero-order chi connectivity index (χ0) is 32.3. The maximum Gasteiger partial charge on any atom is 0.238 e. The molecule has 0 unspecified atom stereocenters. The number of carbonyl (C=O) groups excluding carboxylic acids is 4. The standard InChI is InChI=1S/C42H30N2O4/c45-39-31-22-30(25-10-2-1-3-11-25)34-28-20-21-29(35(34)38(31)42(48)43(39)32-18-8-14-23-12-4-6-16-26(23)32)37-36(28)40(46)44(41(37)47)33-19-9-15-24-13-5-7-17-27(24)33/h1-21,28-29,31,35-38H,22H2/t28-,29+,31+,35-,36+,37-,38+/m0/s1. The number of amides is 4. The molecule has 6 aliphatic rings. The van der Waals surface area contributed by atoms with Crippen molar-refractivity contribution in [3.8, 4) is 0 Å². The van der Waals surface area contributed by atoms with Crippen molar-refractivity contribution in [1.82, 2.24) is 0 Å². The molecule has 48 heavy (non-hydrogen) atoms. The minimum absolute atomic E-state index is 0.188. The number of nitrogens with zero attached hydrogens (tertiary/aromatic N) is 2. The third kappa shape index (κ3) is 3.52. The molecule has 6 heteroatoms. The predicted octanol–water partition coefficient (Wildman–Crippen LogP) is 7.19. The lowest BCUT2D eigenvalue weighted by Crippen LogP contribution is -2.51. The Hall–Kier alpha value is -5.62. The summed E-state index contributed by atoms with van der Waals surface area (Å²) in [5.74, 6) is -4.25. The van der Waals surface area contributed by atoms with E-state index in [1.165, 1.54) is 9.80 Å². The molecule has 1 saturated carbocycles. The summed E-state index contributed by atoms with van der Waals surface area (Å²) in [4.78, 5) is 61.2. The highest BCUT2D eigenvalue weighted by atomic mass is 16.2. The SMILES string of the molecule is O=C1[C@H]2[C@@H]3C=C[C@@H](C4=C(c5ccccc5)C[C@H]5C(=O)N(c6cccc7ccccc67)C(=O)[C@H]5[C@H]43)[C@H]2C(=O)N1c1cccc2ccccc12. The van der Waals surface area contributed by atoms with Crippen LogP contribution in [0.15, 0.2) is 133 Å². The Kier molecular flexibility index (Phi) is 5.69. The van der Waals surface area contributed by atoms with Gasteiger partial charge < -0.3 is 0 Å². The molecule has 2 bridgehead atoms. The topological polar surface area (TPSA) is 74.8 Å². The zero-order valence-corrected chi connectivity index (χ0v) is 25.9. The second-order valence-corrected chi connectivity index (χ2v) is 13.7. The molecule has 4 amide bonds. The van der Waals surface area contributed by atoms with E-state index in [0.717, 1.165) is 38.3 Å². The van der Waals surface area contributed by atoms with E-state index in [0.29, 0.717) is 17.8 Å². The molecule has 0 spiro atoms. The van der Waals surface area contributed by atoms with Crippen LogP contribution < -0.4 is 9.80 Å². The van der Waals surface area contributed by atoms with Crippen LogP contribution in [0.4, 0.5) is 11.4 Å². The van der Waals surface area contributed by atoms with Crippen molar-refractivity contribution >= 4 is 62.1 Å². The van der Waals surface area contributed by atoms with Crippen molar-refractivity contribution in [2.75, 3.05) is 9.80 Å². The first-order valence-electron chi connectivity index (χ1n) is 16.7. The number of carbonyl (C=O) groups is 4. The van der Waals surface area contributed by atoms with E-state index in [4.69, 9.17) is 0 Å². The van der Waals surface area contributed by atoms with Gasteiger partial charge in [-0.05, 0) is 46.4 Å². The van der Waals surface area contributed by atoms with Gasteiger partial charge >= 0.3 is 0 Å². The van der Waals surface area contributed by atoms with Gasteiger partial charge in [-0.15, -0.1) is 0 Å². The number of allylic oxidation sites excluding steroid dienone is 4. The van der Waals surface area contributed by atoms with Crippen molar-refractivity contribution in [3.63, 3.8) is 0 Å². The van der Waals surface area contributed by atoms with Crippen LogP contribution in [0.5, 0.6) is 0 Å². The minimum atomic E-state index is -0.619. The molecular formula is C42H30N2O4. The van der Waals surface area contributed by atoms with Gasteiger partial charge in [0, 0.05) is 22.6 Å². The van der Waals surface area contributed by atoms with Gasteiger partial charge in [-0.1, -0.05) is 121 Å². The van der Waals surface area contributed by atoms with E-state index in [2.05, 4.69) is 24.3 Å². The molecule has 11 rings (SSSR count). The van der Waals surface area contributed by atoms with Gasteiger partial charge in [0.25, 0.3) is 0 Å². The van der Waals surface area contributed by atoms with Crippen LogP contribution in [0.1, 0.15) is 12.0 Å². The van der Waals surface area contributed by atoms with Crippen molar-refractivity contribution < 1.29 is 19.2 Å². The number of hydrogen-bond acceptors (Lipinski definition) is 4. The van der Waals surface area contributed by atoms with E-state index in [9.17, 15) is 19.2 Å². The van der Waals surface area contributed by atoms with E-state index in [1.54, 1.807) is 0 Å². The van der Waals surface area contributed by atoms with E-state index < -0.39 is 23.7 Å². The molecule has 5 aromatic carbocycles. The highest BCUT2D eigenvalue weighted by Crippen LogP contribution is 2.63. The van der Waals surface area contributed by atoms with Gasteiger partial charge in [0.05, 0.1) is 35.0 Å². The number of hydrogen-bond donors (Lipinski definition) is 0. The van der Waals surface area contributed by atoms with Gasteiger partial charge in [-0.3, -0.25) is 19.2 Å². The first kappa shape index (κ1) is 27.5. The maximum atomic E-state index is 14.7. The van der Waals surface area contributed by atoms with E-state index in [-0.39, 0.29) is 41.4 Å². The molecule has 2 heterocycles. The quantitative estimate of drug-likeness (QED) is 0.157. The second kappa shape index (κ2) is 9.94. The fourth-order valence-corrected chi connectivity index (χ4v) is 9.80. The summed E-state index contributed by atoms with van der Waals surface area (Å²) in [6.07, 6.45) is 4.58. The summed E-state index contributed by atoms with van der Waals surface area (Å²) in [6, 6.07) is 37.1. The first-order valence-corrected chi connectivity index (χ1v) is 16.7. The number of benzene rings is 5. The van der Waals surface area contributed by atoms with Gasteiger partial charge in [-0.25, -0.2) is 9.80 Å². The summed E-state index contributed by atoms with van der Waals surface area (Å²) in [5.41, 5.74) is 4.29. The van der Waals surface area contributed by atoms with Crippen LogP contribution >= 0.6 is 0 Å². The Bertz CT molecular complexity index is 2310. The first-order chi connectivity index (χ1) is 23.5. The Balaban J connectivity index is 1.14. The minimum Gasteiger partial charge on any atom is -0.274 e. The molecule has 2 aliphatic heterocycles. The van der Waals surface area contributed by atoms with E-state index in [1.807, 2.05) is 103 Å². The van der Waals surface area contributed by atoms with E-state index >= 15 is 0 Å². The number of rotatable bonds is 3. The fourth-order valence-electron chi connectivity index (χ4n) is 9.80. The third-order valence-electron chi connectivity index (χ3n) is 11.6. The lowest BCUT2D eigenvalue weighted by Gasteiger charge is -2.51. The molecule has 0 N–H and O–H groups in total. The van der Waals surface area contributed by atoms with Crippen molar-refractivity contribution in [1.29, 1.82) is 0 Å². The Labute approximate surface area is 277 Å². The average Bonchev–Trinajstić information content (AvgIpc) is 3.56. The van der Waals surface area contributed by atoms with Crippen LogP contribution in [0.3, 0.4) is 0 Å². The van der Waals surface area contributed by atoms with Gasteiger partial charge in [-0.2, -0.15) is 0 Å². The van der Waals surface area contributed by atoms with Gasteiger partial charge in [0.2, 0.25) is 23.6 Å². The molecule has 4 aliphatic carbocycles. The third-order valence-corrected chi connectivity index (χ3v) is 11.6. The zero-order valence-electron chi connectivity index (χ0n) is 25.9. The highest BCUT2D eigenvalue weighted by molar-refractivity contribution is 6.27. The second-order valence-electron chi connectivity index (χ2n) is 13.7. The summed E-state index contributed by atoms with van der Waals surface area (Å²) in [5, 5.41) is 3.62. The summed E-state index contributed by atoms with van der Waals surface area (Å²) in [6.45, 7) is 0. The lowest BCUT2D eigenvalue weighted by molar-refractivity contribution is -0.129. The summed E-state index contributed by atoms with van der Waals surface area (Å²) in [7, 11) is 0. The normalized spacial score (nSPS) is 28.9. The van der Waals surface area contributed by atoms with Crippen LogP contribution in [0, 0.1) is 41.4 Å². The predicted molar refractivity (Wildman–Crippen MR) is 184 cm³/mol. The molecule has 0 radical (unpaired) electrons. The van der Waals surface area contributed by atoms with Gasteiger partial charge in [0.15, 0.2) is 0 Å². The molecular weight excluding hydrogens is 596 g/mol. The Morgan fingerprint density at radius 1 is 0.479 bits per heavy atom. The molecule has 7 atom stereocenters. The number of fused-ring (bicyclic) bond motifs is 3. The summed E-state index contributed by atoms with van der Waals surface area (Å²) >= 11 is 0. The van der Waals surface area contributed by atoms with Crippen LogP contribution in [-0.2, 0) is 19.2 Å². The van der Waals surface area contributed by atoms with Crippen molar-refractivity contribution in [2.24, 2.45) is 41.4 Å². The molecule has 232 valence electrons. The highest BCUT2D eigenvalue weighted by Gasteiger charge is 2.67.